The monoisotopic (exact) mass is 263 g/mol. The van der Waals surface area contributed by atoms with Crippen molar-refractivity contribution in [2.45, 2.75) is 25.3 Å². The number of amides is 1. The zero-order chi connectivity index (χ0) is 13.2. The molecule has 0 aromatic carbocycles. The molecule has 1 amide bonds. The highest BCUT2D eigenvalue weighted by molar-refractivity contribution is 5.94. The fraction of sp³-hybridized carbons (Fsp3) is 0.571. The third kappa shape index (κ3) is 2.47. The van der Waals surface area contributed by atoms with Gasteiger partial charge in [0, 0.05) is 25.3 Å². The molecule has 0 radical (unpaired) electrons. The summed E-state index contributed by atoms with van der Waals surface area (Å²) in [5, 5.41) is 0. The molecule has 0 saturated carbocycles. The maximum atomic E-state index is 13.5. The van der Waals surface area contributed by atoms with E-state index in [0.717, 1.165) is 19.5 Å². The smallest absolute Gasteiger partial charge is 0.258 e. The molecular formula is C14H18FN3O. The SMILES string of the molecule is O=C(c1cccnc1F)N1CCC(N2CCCC2)C1. The van der Waals surface area contributed by atoms with Crippen molar-refractivity contribution in [2.24, 2.45) is 0 Å². The van der Waals surface area contributed by atoms with Crippen molar-refractivity contribution in [3.8, 4) is 0 Å². The van der Waals surface area contributed by atoms with Gasteiger partial charge >= 0.3 is 0 Å². The van der Waals surface area contributed by atoms with Gasteiger partial charge in [-0.2, -0.15) is 4.39 Å². The summed E-state index contributed by atoms with van der Waals surface area (Å²) in [6.45, 7) is 3.70. The van der Waals surface area contributed by atoms with Gasteiger partial charge < -0.3 is 4.90 Å². The Morgan fingerprint density at radius 2 is 2.11 bits per heavy atom. The minimum absolute atomic E-state index is 0.0876. The van der Waals surface area contributed by atoms with Crippen molar-refractivity contribution in [3.05, 3.63) is 29.8 Å². The van der Waals surface area contributed by atoms with Crippen LogP contribution in [0.5, 0.6) is 0 Å². The van der Waals surface area contributed by atoms with Crippen LogP contribution < -0.4 is 0 Å². The van der Waals surface area contributed by atoms with Crippen LogP contribution in [-0.4, -0.2) is 52.9 Å². The number of likely N-dealkylation sites (tertiary alicyclic amines) is 2. The Morgan fingerprint density at radius 3 is 2.84 bits per heavy atom. The van der Waals surface area contributed by atoms with E-state index in [-0.39, 0.29) is 11.5 Å². The molecule has 1 atom stereocenters. The van der Waals surface area contributed by atoms with Crippen LogP contribution >= 0.6 is 0 Å². The quantitative estimate of drug-likeness (QED) is 0.759. The van der Waals surface area contributed by atoms with E-state index in [0.29, 0.717) is 19.1 Å². The second-order valence-electron chi connectivity index (χ2n) is 5.28. The standard InChI is InChI=1S/C14H18FN3O/c15-13-12(4-3-6-16-13)14(19)18-9-5-11(10-18)17-7-1-2-8-17/h3-4,6,11H,1-2,5,7-10H2. The Balaban J connectivity index is 1.67. The Morgan fingerprint density at radius 1 is 1.32 bits per heavy atom. The molecule has 1 unspecified atom stereocenters. The number of hydrogen-bond acceptors (Lipinski definition) is 3. The number of halogens is 1. The average Bonchev–Trinajstić information content (AvgIpc) is 3.09. The van der Waals surface area contributed by atoms with E-state index >= 15 is 0 Å². The zero-order valence-corrected chi connectivity index (χ0v) is 10.9. The van der Waals surface area contributed by atoms with Crippen molar-refractivity contribution in [3.63, 3.8) is 0 Å². The number of aromatic nitrogens is 1. The molecule has 2 aliphatic rings. The van der Waals surface area contributed by atoms with Crippen LogP contribution in [0.25, 0.3) is 0 Å². The molecule has 1 aromatic heterocycles. The first kappa shape index (κ1) is 12.5. The Kier molecular flexibility index (Phi) is 3.46. The van der Waals surface area contributed by atoms with Crippen LogP contribution in [0, 0.1) is 5.95 Å². The maximum absolute atomic E-state index is 13.5. The Hall–Kier alpha value is -1.49. The van der Waals surface area contributed by atoms with Gasteiger partial charge in [-0.05, 0) is 44.5 Å². The van der Waals surface area contributed by atoms with Crippen LogP contribution in [0.15, 0.2) is 18.3 Å². The van der Waals surface area contributed by atoms with Crippen LogP contribution in [-0.2, 0) is 0 Å². The largest absolute Gasteiger partial charge is 0.337 e. The fourth-order valence-electron chi connectivity index (χ4n) is 3.05. The molecule has 4 nitrogen and oxygen atoms in total. The van der Waals surface area contributed by atoms with Gasteiger partial charge in [0.2, 0.25) is 5.95 Å². The van der Waals surface area contributed by atoms with Gasteiger partial charge in [0.1, 0.15) is 0 Å². The number of pyridine rings is 1. The molecule has 2 saturated heterocycles. The van der Waals surface area contributed by atoms with Gasteiger partial charge in [0.25, 0.3) is 5.91 Å². The van der Waals surface area contributed by atoms with E-state index in [1.807, 2.05) is 0 Å². The Bertz CT molecular complexity index is 474. The summed E-state index contributed by atoms with van der Waals surface area (Å²) >= 11 is 0. The molecule has 19 heavy (non-hydrogen) atoms. The summed E-state index contributed by atoms with van der Waals surface area (Å²) in [6, 6.07) is 3.56. The van der Waals surface area contributed by atoms with E-state index in [1.165, 1.54) is 25.1 Å². The summed E-state index contributed by atoms with van der Waals surface area (Å²) in [4.78, 5) is 20.0. The van der Waals surface area contributed by atoms with E-state index < -0.39 is 5.95 Å². The molecule has 2 fully saturated rings. The molecule has 5 heteroatoms. The fourth-order valence-corrected chi connectivity index (χ4v) is 3.05. The molecule has 102 valence electrons. The lowest BCUT2D eigenvalue weighted by Crippen LogP contribution is -2.37. The minimum atomic E-state index is -0.669. The third-order valence-electron chi connectivity index (χ3n) is 4.10. The summed E-state index contributed by atoms with van der Waals surface area (Å²) < 4.78 is 13.5. The lowest BCUT2D eigenvalue weighted by Gasteiger charge is -2.23. The summed E-state index contributed by atoms with van der Waals surface area (Å²) in [7, 11) is 0. The van der Waals surface area contributed by atoms with Gasteiger partial charge in [0.15, 0.2) is 0 Å². The number of nitrogens with zero attached hydrogens (tertiary/aromatic N) is 3. The second-order valence-corrected chi connectivity index (χ2v) is 5.28. The molecule has 0 aliphatic carbocycles. The molecule has 0 bridgehead atoms. The van der Waals surface area contributed by atoms with E-state index in [9.17, 15) is 9.18 Å². The lowest BCUT2D eigenvalue weighted by molar-refractivity contribution is 0.0774. The Labute approximate surface area is 112 Å². The maximum Gasteiger partial charge on any atom is 0.258 e. The predicted molar refractivity (Wildman–Crippen MR) is 69.3 cm³/mol. The predicted octanol–water partition coefficient (Wildman–Crippen LogP) is 1.53. The molecule has 1 aromatic rings. The third-order valence-corrected chi connectivity index (χ3v) is 4.10. The average molecular weight is 263 g/mol. The summed E-state index contributed by atoms with van der Waals surface area (Å²) in [6.07, 6.45) is 4.86. The van der Waals surface area contributed by atoms with Crippen LogP contribution in [0.4, 0.5) is 4.39 Å². The summed E-state index contributed by atoms with van der Waals surface area (Å²) in [5.41, 5.74) is 0.0876. The highest BCUT2D eigenvalue weighted by Gasteiger charge is 2.32. The lowest BCUT2D eigenvalue weighted by atomic mass is 10.2. The number of carbonyl (C=O) groups excluding carboxylic acids is 1. The van der Waals surface area contributed by atoms with Gasteiger partial charge in [-0.15, -0.1) is 0 Å². The van der Waals surface area contributed by atoms with Crippen molar-refractivity contribution in [1.82, 2.24) is 14.8 Å². The van der Waals surface area contributed by atoms with Crippen LogP contribution in [0.3, 0.4) is 0 Å². The zero-order valence-electron chi connectivity index (χ0n) is 10.9. The first-order valence-corrected chi connectivity index (χ1v) is 6.89. The molecule has 2 aliphatic heterocycles. The molecule has 3 heterocycles. The van der Waals surface area contributed by atoms with Crippen LogP contribution in [0.2, 0.25) is 0 Å². The first-order valence-electron chi connectivity index (χ1n) is 6.89. The second kappa shape index (κ2) is 5.25. The summed E-state index contributed by atoms with van der Waals surface area (Å²) in [5.74, 6) is -0.899. The van der Waals surface area contributed by atoms with Crippen LogP contribution in [0.1, 0.15) is 29.6 Å². The molecular weight excluding hydrogens is 245 g/mol. The van der Waals surface area contributed by atoms with Gasteiger partial charge in [0.05, 0.1) is 5.56 Å². The first-order chi connectivity index (χ1) is 9.25. The molecule has 3 rings (SSSR count). The van der Waals surface area contributed by atoms with Crippen molar-refractivity contribution < 1.29 is 9.18 Å². The number of carbonyl (C=O) groups is 1. The van der Waals surface area contributed by atoms with Crippen molar-refractivity contribution >= 4 is 5.91 Å². The highest BCUT2D eigenvalue weighted by Crippen LogP contribution is 2.22. The van der Waals surface area contributed by atoms with Gasteiger partial charge in [-0.3, -0.25) is 9.69 Å². The van der Waals surface area contributed by atoms with Crippen molar-refractivity contribution in [2.75, 3.05) is 26.2 Å². The van der Waals surface area contributed by atoms with Gasteiger partial charge in [-0.25, -0.2) is 4.98 Å². The number of hydrogen-bond donors (Lipinski definition) is 0. The molecule has 0 spiro atoms. The topological polar surface area (TPSA) is 36.4 Å². The van der Waals surface area contributed by atoms with E-state index in [4.69, 9.17) is 0 Å². The van der Waals surface area contributed by atoms with E-state index in [1.54, 1.807) is 11.0 Å². The normalized spacial score (nSPS) is 24.1. The van der Waals surface area contributed by atoms with Gasteiger partial charge in [-0.1, -0.05) is 0 Å². The highest BCUT2D eigenvalue weighted by atomic mass is 19.1. The molecule has 0 N–H and O–H groups in total. The number of rotatable bonds is 2. The van der Waals surface area contributed by atoms with Crippen molar-refractivity contribution in [1.29, 1.82) is 0 Å². The minimum Gasteiger partial charge on any atom is -0.337 e. The van der Waals surface area contributed by atoms with E-state index in [2.05, 4.69) is 9.88 Å².